The van der Waals surface area contributed by atoms with Gasteiger partial charge in [0, 0.05) is 30.6 Å². The quantitative estimate of drug-likeness (QED) is 0.771. The van der Waals surface area contributed by atoms with Crippen LogP contribution >= 0.6 is 0 Å². The molecule has 1 saturated heterocycles. The van der Waals surface area contributed by atoms with Crippen molar-refractivity contribution in [1.29, 1.82) is 0 Å². The largest absolute Gasteiger partial charge is 0.387 e. The molecule has 0 radical (unpaired) electrons. The molecule has 3 fully saturated rings. The highest BCUT2D eigenvalue weighted by Crippen LogP contribution is 2.57. The third-order valence-corrected chi connectivity index (χ3v) is 9.39. The van der Waals surface area contributed by atoms with Crippen LogP contribution in [-0.2, 0) is 11.3 Å². The Balaban J connectivity index is 1.27. The van der Waals surface area contributed by atoms with Gasteiger partial charge < -0.3 is 10.0 Å². The monoisotopic (exact) mass is 453 g/mol. The molecule has 2 saturated carbocycles. The Morgan fingerprint density at radius 2 is 2.03 bits per heavy atom. The Bertz CT molecular complexity index is 1130. The second-order valence-corrected chi connectivity index (χ2v) is 11.3. The van der Waals surface area contributed by atoms with Crippen LogP contribution in [0.3, 0.4) is 0 Å². The summed E-state index contributed by atoms with van der Waals surface area (Å²) in [5, 5.41) is 12.5. The molecule has 178 valence electrons. The number of hydrogen-bond donors (Lipinski definition) is 1. The Morgan fingerprint density at radius 1 is 1.21 bits per heavy atom. The van der Waals surface area contributed by atoms with Gasteiger partial charge in [-0.05, 0) is 38.0 Å². The van der Waals surface area contributed by atoms with Crippen LogP contribution in [0.5, 0.6) is 0 Å². The molecule has 4 aliphatic rings. The first-order valence-corrected chi connectivity index (χ1v) is 12.8. The van der Waals surface area contributed by atoms with Crippen molar-refractivity contribution in [3.05, 3.63) is 22.9 Å². The van der Waals surface area contributed by atoms with Gasteiger partial charge in [-0.25, -0.2) is 14.6 Å². The number of hydrogen-bond acceptors (Lipinski definition) is 5. The van der Waals surface area contributed by atoms with Crippen LogP contribution in [0.2, 0.25) is 0 Å². The molecule has 2 aromatic heterocycles. The SMILES string of the molecule is C[C@H](CC1CCCCC1)C(=O)N1CCC2(O)Cn3c(=O)c4cncnc4n3C3CCC2(C3)C1. The molecule has 8 heteroatoms. The van der Waals surface area contributed by atoms with Gasteiger partial charge in [-0.1, -0.05) is 39.0 Å². The van der Waals surface area contributed by atoms with E-state index >= 15 is 0 Å². The number of aromatic nitrogens is 4. The van der Waals surface area contributed by atoms with Gasteiger partial charge in [0.25, 0.3) is 5.56 Å². The van der Waals surface area contributed by atoms with Crippen molar-refractivity contribution in [1.82, 2.24) is 24.2 Å². The number of fused-ring (bicyclic) bond motifs is 5. The minimum atomic E-state index is -0.995. The second kappa shape index (κ2) is 7.65. The smallest absolute Gasteiger partial charge is 0.277 e. The summed E-state index contributed by atoms with van der Waals surface area (Å²) in [5.74, 6) is 0.967. The fourth-order valence-electron chi connectivity index (χ4n) is 7.59. The number of aliphatic hydroxyl groups is 1. The van der Waals surface area contributed by atoms with Crippen LogP contribution in [0.1, 0.15) is 77.2 Å². The molecule has 4 atom stereocenters. The summed E-state index contributed by atoms with van der Waals surface area (Å²) in [5.41, 5.74) is -0.825. The summed E-state index contributed by atoms with van der Waals surface area (Å²) in [7, 11) is 0. The number of likely N-dealkylation sites (tertiary alicyclic amines) is 1. The molecule has 4 heterocycles. The fraction of sp³-hybridized carbons (Fsp3) is 0.760. The molecular formula is C25H35N5O3. The van der Waals surface area contributed by atoms with E-state index in [-0.39, 0.29) is 35.4 Å². The highest BCUT2D eigenvalue weighted by atomic mass is 16.3. The molecule has 1 spiro atoms. The Morgan fingerprint density at radius 3 is 2.85 bits per heavy atom. The molecule has 0 aromatic carbocycles. The molecule has 1 amide bonds. The number of amides is 1. The van der Waals surface area contributed by atoms with Crippen LogP contribution in [0, 0.1) is 17.3 Å². The summed E-state index contributed by atoms with van der Waals surface area (Å²) in [4.78, 5) is 37.1. The maximum Gasteiger partial charge on any atom is 0.277 e. The van der Waals surface area contributed by atoms with Crippen molar-refractivity contribution in [3.63, 3.8) is 0 Å². The van der Waals surface area contributed by atoms with Crippen molar-refractivity contribution < 1.29 is 9.90 Å². The van der Waals surface area contributed by atoms with E-state index in [9.17, 15) is 14.7 Å². The van der Waals surface area contributed by atoms with E-state index in [0.29, 0.717) is 36.5 Å². The lowest BCUT2D eigenvalue weighted by molar-refractivity contribution is -0.162. The van der Waals surface area contributed by atoms with Crippen molar-refractivity contribution >= 4 is 16.9 Å². The normalized spacial score (nSPS) is 32.9. The lowest BCUT2D eigenvalue weighted by Crippen LogP contribution is -2.62. The molecule has 1 N–H and O–H groups in total. The van der Waals surface area contributed by atoms with E-state index in [0.717, 1.165) is 25.7 Å². The lowest BCUT2D eigenvalue weighted by atomic mass is 9.65. The van der Waals surface area contributed by atoms with E-state index < -0.39 is 5.60 Å². The van der Waals surface area contributed by atoms with Gasteiger partial charge in [-0.15, -0.1) is 0 Å². The molecule has 33 heavy (non-hydrogen) atoms. The first kappa shape index (κ1) is 21.3. The first-order valence-electron chi connectivity index (χ1n) is 12.8. The van der Waals surface area contributed by atoms with Gasteiger partial charge in [-0.2, -0.15) is 0 Å². The highest BCUT2D eigenvalue weighted by molar-refractivity contribution is 5.79. The fourth-order valence-corrected chi connectivity index (χ4v) is 7.59. The zero-order valence-electron chi connectivity index (χ0n) is 19.6. The summed E-state index contributed by atoms with van der Waals surface area (Å²) in [6.45, 7) is 3.52. The molecule has 3 unspecified atom stereocenters. The third-order valence-electron chi connectivity index (χ3n) is 9.39. The van der Waals surface area contributed by atoms with Gasteiger partial charge in [-0.3, -0.25) is 14.3 Å². The van der Waals surface area contributed by atoms with Gasteiger partial charge in [0.1, 0.15) is 11.7 Å². The van der Waals surface area contributed by atoms with Crippen molar-refractivity contribution in [3.8, 4) is 0 Å². The zero-order valence-corrected chi connectivity index (χ0v) is 19.6. The minimum Gasteiger partial charge on any atom is -0.387 e. The Kier molecular flexibility index (Phi) is 4.94. The van der Waals surface area contributed by atoms with Crippen LogP contribution < -0.4 is 5.56 Å². The third kappa shape index (κ3) is 3.20. The van der Waals surface area contributed by atoms with Crippen molar-refractivity contribution in [2.45, 2.75) is 89.3 Å². The summed E-state index contributed by atoms with van der Waals surface area (Å²) in [6.07, 6.45) is 13.5. The second-order valence-electron chi connectivity index (χ2n) is 11.3. The highest BCUT2D eigenvalue weighted by Gasteiger charge is 2.60. The lowest BCUT2D eigenvalue weighted by Gasteiger charge is -2.52. The zero-order chi connectivity index (χ0) is 22.8. The first-order chi connectivity index (χ1) is 15.9. The Hall–Kier alpha value is -2.22. The van der Waals surface area contributed by atoms with E-state index in [1.54, 1.807) is 10.9 Å². The molecule has 2 aliphatic heterocycles. The van der Waals surface area contributed by atoms with E-state index in [1.807, 2.05) is 9.58 Å². The van der Waals surface area contributed by atoms with E-state index in [1.165, 1.54) is 38.4 Å². The number of nitrogens with zero attached hydrogens (tertiary/aromatic N) is 5. The predicted octanol–water partition coefficient (Wildman–Crippen LogP) is 2.89. The number of rotatable bonds is 3. The number of piperidine rings is 1. The number of carbonyl (C=O) groups is 1. The van der Waals surface area contributed by atoms with Crippen molar-refractivity contribution in [2.24, 2.45) is 17.3 Å². The predicted molar refractivity (Wildman–Crippen MR) is 124 cm³/mol. The van der Waals surface area contributed by atoms with E-state index in [4.69, 9.17) is 0 Å². The maximum absolute atomic E-state index is 13.5. The molecule has 8 nitrogen and oxygen atoms in total. The average molecular weight is 454 g/mol. The van der Waals surface area contributed by atoms with Crippen LogP contribution in [-0.4, -0.2) is 53.9 Å². The van der Waals surface area contributed by atoms with Crippen LogP contribution in [0.25, 0.3) is 11.0 Å². The molecule has 2 bridgehead atoms. The summed E-state index contributed by atoms with van der Waals surface area (Å²) < 4.78 is 3.72. The topological polar surface area (TPSA) is 93.2 Å². The summed E-state index contributed by atoms with van der Waals surface area (Å²) in [6, 6.07) is 0.105. The van der Waals surface area contributed by atoms with Gasteiger partial charge in [0.05, 0.1) is 18.2 Å². The molecule has 2 aromatic rings. The van der Waals surface area contributed by atoms with E-state index in [2.05, 4.69) is 16.9 Å². The number of carbonyl (C=O) groups excluding carboxylic acids is 1. The van der Waals surface area contributed by atoms with Gasteiger partial charge >= 0.3 is 0 Å². The van der Waals surface area contributed by atoms with Crippen LogP contribution in [0.4, 0.5) is 0 Å². The molecular weight excluding hydrogens is 418 g/mol. The standard InChI is InChI=1S/C25H35N5O3/c1-17(11-18-5-3-2-4-6-18)22(31)28-10-9-25(33)15-29-23(32)20-13-26-16-27-21(20)30(29)19-7-8-24(25,12-19)14-28/h13,16-19,33H,2-12,14-15H2,1H3/t17-,19?,24?,25?/m1/s1. The summed E-state index contributed by atoms with van der Waals surface area (Å²) >= 11 is 0. The van der Waals surface area contributed by atoms with Crippen LogP contribution in [0.15, 0.2) is 17.3 Å². The molecule has 6 rings (SSSR count). The van der Waals surface area contributed by atoms with Gasteiger partial charge in [0.2, 0.25) is 5.91 Å². The Labute approximate surface area is 194 Å². The van der Waals surface area contributed by atoms with Crippen molar-refractivity contribution in [2.75, 3.05) is 13.1 Å². The van der Waals surface area contributed by atoms with Gasteiger partial charge in [0.15, 0.2) is 5.65 Å². The minimum absolute atomic E-state index is 0.0377. The average Bonchev–Trinajstić information content (AvgIpc) is 3.32. The maximum atomic E-state index is 13.5. The molecule has 2 aliphatic carbocycles.